The Morgan fingerprint density at radius 1 is 1.43 bits per heavy atom. The van der Waals surface area contributed by atoms with Gasteiger partial charge in [-0.1, -0.05) is 19.3 Å². The van der Waals surface area contributed by atoms with Gasteiger partial charge >= 0.3 is 5.97 Å². The van der Waals surface area contributed by atoms with Crippen molar-refractivity contribution in [1.82, 2.24) is 5.32 Å². The maximum atomic E-state index is 11.3. The van der Waals surface area contributed by atoms with E-state index in [-0.39, 0.29) is 5.97 Å². The average molecular weight is 197 g/mol. The molecule has 2 rings (SSSR count). The van der Waals surface area contributed by atoms with E-state index in [0.717, 1.165) is 24.9 Å². The van der Waals surface area contributed by atoms with E-state index in [1.165, 1.54) is 26.4 Å². The van der Waals surface area contributed by atoms with Crippen molar-refractivity contribution in [3.63, 3.8) is 0 Å². The lowest BCUT2D eigenvalue weighted by molar-refractivity contribution is -0.143. The highest BCUT2D eigenvalue weighted by molar-refractivity contribution is 5.69. The second kappa shape index (κ2) is 4.30. The fourth-order valence-corrected chi connectivity index (χ4v) is 2.48. The first-order valence-corrected chi connectivity index (χ1v) is 5.59. The number of rotatable bonds is 4. The van der Waals surface area contributed by atoms with Crippen LogP contribution in [0.15, 0.2) is 0 Å². The Balaban J connectivity index is 1.87. The lowest BCUT2D eigenvalue weighted by atomic mass is 9.68. The molecule has 0 bridgehead atoms. The molecule has 3 nitrogen and oxygen atoms in total. The third-order valence-corrected chi connectivity index (χ3v) is 3.80. The molecule has 0 aromatic rings. The summed E-state index contributed by atoms with van der Waals surface area (Å²) in [7, 11) is 1.49. The standard InChI is InChI=1S/C11H19NO2/c1-14-11(13)5-10(8-3-2-4-8)9-6-12-7-9/h8-10,12H,2-7H2,1H3. The number of ether oxygens (including phenoxy) is 1. The zero-order valence-corrected chi connectivity index (χ0v) is 8.79. The molecule has 0 aromatic carbocycles. The van der Waals surface area contributed by atoms with Gasteiger partial charge in [-0.15, -0.1) is 0 Å². The van der Waals surface area contributed by atoms with Crippen molar-refractivity contribution in [2.75, 3.05) is 20.2 Å². The van der Waals surface area contributed by atoms with Gasteiger partial charge in [-0.3, -0.25) is 4.79 Å². The molecule has 0 amide bonds. The van der Waals surface area contributed by atoms with Crippen molar-refractivity contribution in [1.29, 1.82) is 0 Å². The molecule has 1 unspecified atom stereocenters. The molecule has 1 saturated heterocycles. The maximum Gasteiger partial charge on any atom is 0.305 e. The van der Waals surface area contributed by atoms with Gasteiger partial charge in [0.25, 0.3) is 0 Å². The Hall–Kier alpha value is -0.570. The highest BCUT2D eigenvalue weighted by atomic mass is 16.5. The SMILES string of the molecule is COC(=O)CC(C1CCC1)C1CNC1. The molecule has 0 spiro atoms. The predicted molar refractivity (Wildman–Crippen MR) is 53.8 cm³/mol. The number of carbonyl (C=O) groups is 1. The molecule has 3 heteroatoms. The number of hydrogen-bond donors (Lipinski definition) is 1. The van der Waals surface area contributed by atoms with Crippen LogP contribution in [0.4, 0.5) is 0 Å². The highest BCUT2D eigenvalue weighted by Gasteiger charge is 2.37. The Kier molecular flexibility index (Phi) is 3.06. The Bertz CT molecular complexity index is 195. The fraction of sp³-hybridized carbons (Fsp3) is 0.909. The van der Waals surface area contributed by atoms with Crippen LogP contribution in [0.1, 0.15) is 25.7 Å². The molecule has 2 aliphatic rings. The first kappa shape index (κ1) is 9.97. The number of esters is 1. The van der Waals surface area contributed by atoms with E-state index in [2.05, 4.69) is 5.32 Å². The molecule has 1 aliphatic heterocycles. The summed E-state index contributed by atoms with van der Waals surface area (Å²) in [5, 5.41) is 3.28. The van der Waals surface area contributed by atoms with E-state index in [1.54, 1.807) is 0 Å². The van der Waals surface area contributed by atoms with Crippen LogP contribution in [0.25, 0.3) is 0 Å². The van der Waals surface area contributed by atoms with Gasteiger partial charge in [0.15, 0.2) is 0 Å². The molecule has 2 fully saturated rings. The van der Waals surface area contributed by atoms with Crippen LogP contribution >= 0.6 is 0 Å². The molecule has 14 heavy (non-hydrogen) atoms. The lowest BCUT2D eigenvalue weighted by Crippen LogP contribution is -2.49. The normalized spacial score (nSPS) is 24.9. The van der Waals surface area contributed by atoms with Crippen molar-refractivity contribution >= 4 is 5.97 Å². The topological polar surface area (TPSA) is 38.3 Å². The largest absolute Gasteiger partial charge is 0.469 e. The molecule has 1 N–H and O–H groups in total. The minimum atomic E-state index is -0.0335. The van der Waals surface area contributed by atoms with Crippen molar-refractivity contribution in [3.05, 3.63) is 0 Å². The van der Waals surface area contributed by atoms with Crippen LogP contribution in [0.5, 0.6) is 0 Å². The van der Waals surface area contributed by atoms with E-state index in [9.17, 15) is 4.79 Å². The Morgan fingerprint density at radius 3 is 2.50 bits per heavy atom. The minimum Gasteiger partial charge on any atom is -0.469 e. The molecule has 1 atom stereocenters. The number of methoxy groups -OCH3 is 1. The first-order chi connectivity index (χ1) is 6.81. The summed E-state index contributed by atoms with van der Waals surface area (Å²) in [6, 6.07) is 0. The maximum absolute atomic E-state index is 11.3. The van der Waals surface area contributed by atoms with E-state index >= 15 is 0 Å². The molecular formula is C11H19NO2. The van der Waals surface area contributed by atoms with Gasteiger partial charge in [-0.2, -0.15) is 0 Å². The van der Waals surface area contributed by atoms with E-state index in [0.29, 0.717) is 12.3 Å². The predicted octanol–water partition coefficient (Wildman–Crippen LogP) is 1.19. The van der Waals surface area contributed by atoms with Gasteiger partial charge in [0.2, 0.25) is 0 Å². The number of nitrogens with one attached hydrogen (secondary N) is 1. The average Bonchev–Trinajstić information content (AvgIpc) is 1.97. The summed E-state index contributed by atoms with van der Waals surface area (Å²) < 4.78 is 4.76. The molecular weight excluding hydrogens is 178 g/mol. The van der Waals surface area contributed by atoms with Gasteiger partial charge in [-0.25, -0.2) is 0 Å². The van der Waals surface area contributed by atoms with Crippen molar-refractivity contribution in [3.8, 4) is 0 Å². The van der Waals surface area contributed by atoms with E-state index < -0.39 is 0 Å². The highest BCUT2D eigenvalue weighted by Crippen LogP contribution is 2.40. The van der Waals surface area contributed by atoms with Gasteiger partial charge in [0.1, 0.15) is 0 Å². The lowest BCUT2D eigenvalue weighted by Gasteiger charge is -2.42. The molecule has 0 radical (unpaired) electrons. The van der Waals surface area contributed by atoms with Crippen LogP contribution in [0.2, 0.25) is 0 Å². The van der Waals surface area contributed by atoms with Crippen LogP contribution in [-0.2, 0) is 9.53 Å². The number of hydrogen-bond acceptors (Lipinski definition) is 3. The van der Waals surface area contributed by atoms with Gasteiger partial charge in [0.05, 0.1) is 7.11 Å². The second-order valence-electron chi connectivity index (χ2n) is 4.55. The quantitative estimate of drug-likeness (QED) is 0.688. The molecule has 1 saturated carbocycles. The molecule has 1 heterocycles. The second-order valence-corrected chi connectivity index (χ2v) is 4.55. The van der Waals surface area contributed by atoms with Crippen molar-refractivity contribution < 1.29 is 9.53 Å². The summed E-state index contributed by atoms with van der Waals surface area (Å²) in [6.45, 7) is 2.19. The minimum absolute atomic E-state index is 0.0335. The number of carbonyl (C=O) groups excluding carboxylic acids is 1. The van der Waals surface area contributed by atoms with E-state index in [1.807, 2.05) is 0 Å². The van der Waals surface area contributed by atoms with Gasteiger partial charge < -0.3 is 10.1 Å². The van der Waals surface area contributed by atoms with Crippen LogP contribution in [-0.4, -0.2) is 26.2 Å². The summed E-state index contributed by atoms with van der Waals surface area (Å²) in [5.74, 6) is 2.06. The fourth-order valence-electron chi connectivity index (χ4n) is 2.48. The van der Waals surface area contributed by atoms with Crippen LogP contribution in [0.3, 0.4) is 0 Å². The van der Waals surface area contributed by atoms with E-state index in [4.69, 9.17) is 4.74 Å². The zero-order valence-electron chi connectivity index (χ0n) is 8.79. The van der Waals surface area contributed by atoms with Gasteiger partial charge in [-0.05, 0) is 30.8 Å². The molecule has 1 aliphatic carbocycles. The zero-order chi connectivity index (χ0) is 9.97. The third kappa shape index (κ3) is 1.92. The third-order valence-electron chi connectivity index (χ3n) is 3.80. The van der Waals surface area contributed by atoms with Crippen LogP contribution < -0.4 is 5.32 Å². The summed E-state index contributed by atoms with van der Waals surface area (Å²) in [4.78, 5) is 11.3. The van der Waals surface area contributed by atoms with Gasteiger partial charge in [0, 0.05) is 6.42 Å². The van der Waals surface area contributed by atoms with Crippen LogP contribution in [0, 0.1) is 17.8 Å². The molecule has 80 valence electrons. The Morgan fingerprint density at radius 2 is 2.14 bits per heavy atom. The monoisotopic (exact) mass is 197 g/mol. The smallest absolute Gasteiger partial charge is 0.305 e. The van der Waals surface area contributed by atoms with Crippen molar-refractivity contribution in [2.24, 2.45) is 17.8 Å². The summed E-state index contributed by atoms with van der Waals surface area (Å²) in [5.41, 5.74) is 0. The molecule has 0 aromatic heterocycles. The first-order valence-electron chi connectivity index (χ1n) is 5.59. The summed E-state index contributed by atoms with van der Waals surface area (Å²) in [6.07, 6.45) is 4.62. The van der Waals surface area contributed by atoms with Crippen molar-refractivity contribution in [2.45, 2.75) is 25.7 Å². The summed E-state index contributed by atoms with van der Waals surface area (Å²) >= 11 is 0. The Labute approximate surface area is 85.2 Å².